The Hall–Kier alpha value is -2.31. The number of fused-ring (bicyclic) bond motifs is 1. The van der Waals surface area contributed by atoms with Gasteiger partial charge >= 0.3 is 0 Å². The summed E-state index contributed by atoms with van der Waals surface area (Å²) >= 11 is 0. The second kappa shape index (κ2) is 6.90. The van der Waals surface area contributed by atoms with Gasteiger partial charge in [0.15, 0.2) is 0 Å². The minimum Gasteiger partial charge on any atom is -0.493 e. The van der Waals surface area contributed by atoms with Gasteiger partial charge in [0, 0.05) is 50.3 Å². The Kier molecular flexibility index (Phi) is 4.46. The third kappa shape index (κ3) is 3.55. The summed E-state index contributed by atoms with van der Waals surface area (Å²) in [4.78, 5) is 16.8. The molecule has 25 heavy (non-hydrogen) atoms. The molecule has 6 nitrogen and oxygen atoms in total. The van der Waals surface area contributed by atoms with Crippen molar-refractivity contribution >= 4 is 5.91 Å². The van der Waals surface area contributed by atoms with Crippen molar-refractivity contribution in [3.8, 4) is 5.75 Å². The summed E-state index contributed by atoms with van der Waals surface area (Å²) in [6.07, 6.45) is 3.65. The van der Waals surface area contributed by atoms with E-state index in [0.717, 1.165) is 29.8 Å². The number of carbonyl (C=O) groups is 1. The van der Waals surface area contributed by atoms with Crippen LogP contribution >= 0.6 is 0 Å². The van der Waals surface area contributed by atoms with Gasteiger partial charge < -0.3 is 19.2 Å². The summed E-state index contributed by atoms with van der Waals surface area (Å²) in [7, 11) is 0. The van der Waals surface area contributed by atoms with Crippen molar-refractivity contribution in [2.45, 2.75) is 19.1 Å². The van der Waals surface area contributed by atoms with Gasteiger partial charge in [0.1, 0.15) is 5.75 Å². The lowest BCUT2D eigenvalue weighted by Crippen LogP contribution is -2.37. The topological polar surface area (TPSA) is 66.2 Å². The van der Waals surface area contributed by atoms with Crippen molar-refractivity contribution in [3.05, 3.63) is 53.5 Å². The molecule has 1 unspecified atom stereocenters. The Labute approximate surface area is 146 Å². The lowest BCUT2D eigenvalue weighted by atomic mass is 10.1. The largest absolute Gasteiger partial charge is 0.493 e. The van der Waals surface area contributed by atoms with Crippen LogP contribution in [0.4, 0.5) is 0 Å². The van der Waals surface area contributed by atoms with Crippen LogP contribution in [0.2, 0.25) is 0 Å². The zero-order valence-corrected chi connectivity index (χ0v) is 14.1. The third-order valence-corrected chi connectivity index (χ3v) is 4.80. The molecule has 4 rings (SSSR count). The molecule has 1 amide bonds. The first-order valence-electron chi connectivity index (χ1n) is 8.65. The Morgan fingerprint density at radius 3 is 3.00 bits per heavy atom. The first-order chi connectivity index (χ1) is 12.2. The Morgan fingerprint density at radius 2 is 2.16 bits per heavy atom. The van der Waals surface area contributed by atoms with E-state index in [1.807, 2.05) is 24.3 Å². The van der Waals surface area contributed by atoms with Crippen molar-refractivity contribution < 1.29 is 19.1 Å². The molecular weight excluding hydrogens is 320 g/mol. The van der Waals surface area contributed by atoms with Gasteiger partial charge in [0.25, 0.3) is 5.91 Å². The minimum absolute atomic E-state index is 0.0288. The van der Waals surface area contributed by atoms with E-state index >= 15 is 0 Å². The highest BCUT2D eigenvalue weighted by Crippen LogP contribution is 2.26. The van der Waals surface area contributed by atoms with Crippen LogP contribution in [-0.4, -0.2) is 59.7 Å². The smallest absolute Gasteiger partial charge is 0.254 e. The molecule has 2 aliphatic heterocycles. The average Bonchev–Trinajstić information content (AvgIpc) is 3.24. The fourth-order valence-corrected chi connectivity index (χ4v) is 3.53. The van der Waals surface area contributed by atoms with Crippen LogP contribution in [0.15, 0.2) is 41.2 Å². The standard InChI is InChI=1S/C19H22N2O4/c22-17-11-20(10-14-3-7-24-13-14)5-6-21(12-17)19(23)16-1-2-18-15(9-16)4-8-25-18/h1-3,7,9,13,17,22H,4-6,8,10-12H2. The molecule has 0 bridgehead atoms. The van der Waals surface area contributed by atoms with Gasteiger partial charge in [-0.15, -0.1) is 0 Å². The molecule has 1 N–H and O–H groups in total. The normalized spacial score (nSPS) is 20.8. The molecule has 2 aliphatic rings. The molecule has 0 radical (unpaired) electrons. The molecule has 3 heterocycles. The molecule has 1 saturated heterocycles. The molecule has 6 heteroatoms. The van der Waals surface area contributed by atoms with Crippen molar-refractivity contribution in [2.75, 3.05) is 32.8 Å². The Morgan fingerprint density at radius 1 is 1.24 bits per heavy atom. The predicted molar refractivity (Wildman–Crippen MR) is 91.5 cm³/mol. The van der Waals surface area contributed by atoms with Gasteiger partial charge in [-0.3, -0.25) is 9.69 Å². The van der Waals surface area contributed by atoms with Crippen molar-refractivity contribution in [2.24, 2.45) is 0 Å². The van der Waals surface area contributed by atoms with Crippen LogP contribution in [0, 0.1) is 0 Å². The highest BCUT2D eigenvalue weighted by molar-refractivity contribution is 5.94. The van der Waals surface area contributed by atoms with Gasteiger partial charge in [0.05, 0.1) is 25.2 Å². The first kappa shape index (κ1) is 16.2. The number of carbonyl (C=O) groups excluding carboxylic acids is 1. The second-order valence-electron chi connectivity index (χ2n) is 6.69. The third-order valence-electron chi connectivity index (χ3n) is 4.80. The summed E-state index contributed by atoms with van der Waals surface area (Å²) in [5.74, 6) is 0.845. The van der Waals surface area contributed by atoms with E-state index in [2.05, 4.69) is 4.90 Å². The van der Waals surface area contributed by atoms with E-state index in [4.69, 9.17) is 9.15 Å². The summed E-state index contributed by atoms with van der Waals surface area (Å²) in [5.41, 5.74) is 2.83. The van der Waals surface area contributed by atoms with Crippen LogP contribution in [0.3, 0.4) is 0 Å². The summed E-state index contributed by atoms with van der Waals surface area (Å²) in [5, 5.41) is 10.3. The number of ether oxygens (including phenoxy) is 1. The molecule has 1 aromatic carbocycles. The van der Waals surface area contributed by atoms with Crippen LogP contribution in [0.25, 0.3) is 0 Å². The van der Waals surface area contributed by atoms with E-state index in [-0.39, 0.29) is 5.91 Å². The number of benzene rings is 1. The van der Waals surface area contributed by atoms with Crippen LogP contribution in [0.5, 0.6) is 5.75 Å². The van der Waals surface area contributed by atoms with E-state index in [9.17, 15) is 9.90 Å². The molecule has 1 aromatic heterocycles. The minimum atomic E-state index is -0.559. The molecular formula is C19H22N2O4. The maximum atomic E-state index is 12.9. The SMILES string of the molecule is O=C(c1ccc2c(c1)CCO2)N1CCN(Cc2ccoc2)CC(O)C1. The Bertz CT molecular complexity index is 744. The number of rotatable bonds is 3. The number of β-amino-alcohol motifs (C(OH)–C–C–N with tert-alkyl or cyclic N) is 1. The zero-order valence-electron chi connectivity index (χ0n) is 14.1. The quantitative estimate of drug-likeness (QED) is 0.916. The molecule has 0 aliphatic carbocycles. The zero-order chi connectivity index (χ0) is 17.2. The van der Waals surface area contributed by atoms with Gasteiger partial charge in [-0.25, -0.2) is 0 Å². The van der Waals surface area contributed by atoms with Crippen LogP contribution in [0.1, 0.15) is 21.5 Å². The van der Waals surface area contributed by atoms with E-state index in [1.54, 1.807) is 17.4 Å². The highest BCUT2D eigenvalue weighted by Gasteiger charge is 2.26. The van der Waals surface area contributed by atoms with Crippen molar-refractivity contribution in [1.82, 2.24) is 9.80 Å². The van der Waals surface area contributed by atoms with Crippen molar-refractivity contribution in [1.29, 1.82) is 0 Å². The second-order valence-corrected chi connectivity index (χ2v) is 6.69. The molecule has 2 aromatic rings. The lowest BCUT2D eigenvalue weighted by Gasteiger charge is -2.22. The number of nitrogens with zero attached hydrogens (tertiary/aromatic N) is 2. The molecule has 1 atom stereocenters. The summed E-state index contributed by atoms with van der Waals surface area (Å²) < 4.78 is 10.6. The summed E-state index contributed by atoms with van der Waals surface area (Å²) in [6, 6.07) is 7.53. The Balaban J connectivity index is 1.44. The van der Waals surface area contributed by atoms with Gasteiger partial charge in [-0.2, -0.15) is 0 Å². The van der Waals surface area contributed by atoms with Gasteiger partial charge in [0.2, 0.25) is 0 Å². The molecule has 1 fully saturated rings. The van der Waals surface area contributed by atoms with E-state index < -0.39 is 6.10 Å². The molecule has 132 valence electrons. The first-order valence-corrected chi connectivity index (χ1v) is 8.65. The van der Waals surface area contributed by atoms with Crippen LogP contribution < -0.4 is 4.74 Å². The maximum absolute atomic E-state index is 12.9. The molecule has 0 saturated carbocycles. The van der Waals surface area contributed by atoms with Crippen LogP contribution in [-0.2, 0) is 13.0 Å². The predicted octanol–water partition coefficient (Wildman–Crippen LogP) is 1.53. The number of hydrogen-bond acceptors (Lipinski definition) is 5. The lowest BCUT2D eigenvalue weighted by molar-refractivity contribution is 0.0663. The number of amides is 1. The molecule has 0 spiro atoms. The number of hydrogen-bond donors (Lipinski definition) is 1. The average molecular weight is 342 g/mol. The van der Waals surface area contributed by atoms with Gasteiger partial charge in [-0.05, 0) is 29.8 Å². The van der Waals surface area contributed by atoms with E-state index in [1.165, 1.54) is 0 Å². The fourth-order valence-electron chi connectivity index (χ4n) is 3.53. The van der Waals surface area contributed by atoms with Gasteiger partial charge in [-0.1, -0.05) is 0 Å². The fraction of sp³-hybridized carbons (Fsp3) is 0.421. The monoisotopic (exact) mass is 342 g/mol. The van der Waals surface area contributed by atoms with Crippen molar-refractivity contribution in [3.63, 3.8) is 0 Å². The number of aliphatic hydroxyl groups is 1. The van der Waals surface area contributed by atoms with E-state index in [0.29, 0.717) is 38.3 Å². The number of aliphatic hydroxyl groups excluding tert-OH is 1. The number of furan rings is 1. The maximum Gasteiger partial charge on any atom is 0.254 e. The highest BCUT2D eigenvalue weighted by atomic mass is 16.5. The summed E-state index contributed by atoms with van der Waals surface area (Å²) in [6.45, 7) is 3.62.